The highest BCUT2D eigenvalue weighted by Crippen LogP contribution is 2.37. The summed E-state index contributed by atoms with van der Waals surface area (Å²) in [6.07, 6.45) is -0.374. The molecule has 39 heavy (non-hydrogen) atoms. The van der Waals surface area contributed by atoms with Gasteiger partial charge in [-0.3, -0.25) is 9.59 Å². The summed E-state index contributed by atoms with van der Waals surface area (Å²) in [5, 5.41) is 21.5. The van der Waals surface area contributed by atoms with Crippen molar-refractivity contribution in [3.8, 4) is 17.2 Å². The van der Waals surface area contributed by atoms with Gasteiger partial charge >= 0.3 is 5.89 Å². The Hall–Kier alpha value is -5.31. The van der Waals surface area contributed by atoms with E-state index in [0.717, 1.165) is 17.0 Å². The van der Waals surface area contributed by atoms with E-state index in [-0.39, 0.29) is 37.0 Å². The SMILES string of the molecule is O=C(NCCNC(=O)c1cccc(C2Nc3ccccc3O2)c1)c1cccc(-c2oc3ccccc3[n+]2[O-])c1. The van der Waals surface area contributed by atoms with Crippen molar-refractivity contribution in [3.05, 3.63) is 119 Å². The van der Waals surface area contributed by atoms with Crippen LogP contribution in [0.25, 0.3) is 22.6 Å². The number of nitrogens with one attached hydrogen (secondary N) is 3. The molecule has 1 atom stereocenters. The summed E-state index contributed by atoms with van der Waals surface area (Å²) in [6, 6.07) is 28.5. The first-order chi connectivity index (χ1) is 19.1. The second-order valence-electron chi connectivity index (χ2n) is 9.03. The van der Waals surface area contributed by atoms with Gasteiger partial charge in [-0.05, 0) is 48.5 Å². The monoisotopic (exact) mass is 520 g/mol. The maximum Gasteiger partial charge on any atom is 0.393 e. The number of fused-ring (bicyclic) bond motifs is 2. The lowest BCUT2D eigenvalue weighted by atomic mass is 10.1. The van der Waals surface area contributed by atoms with Gasteiger partial charge in [0.15, 0.2) is 6.23 Å². The highest BCUT2D eigenvalue weighted by molar-refractivity contribution is 5.96. The quantitative estimate of drug-likeness (QED) is 0.166. The Morgan fingerprint density at radius 3 is 2.28 bits per heavy atom. The van der Waals surface area contributed by atoms with Crippen LogP contribution in [0.5, 0.6) is 5.75 Å². The summed E-state index contributed by atoms with van der Waals surface area (Å²) >= 11 is 0. The highest BCUT2D eigenvalue weighted by Gasteiger charge is 2.24. The van der Waals surface area contributed by atoms with Gasteiger partial charge in [0.25, 0.3) is 17.3 Å². The van der Waals surface area contributed by atoms with Gasteiger partial charge < -0.3 is 30.3 Å². The zero-order valence-electron chi connectivity index (χ0n) is 20.7. The van der Waals surface area contributed by atoms with Crippen molar-refractivity contribution in [2.75, 3.05) is 18.4 Å². The van der Waals surface area contributed by atoms with Crippen LogP contribution in [0.1, 0.15) is 32.5 Å². The van der Waals surface area contributed by atoms with Crippen LogP contribution in [0, 0.1) is 5.21 Å². The van der Waals surface area contributed by atoms with Crippen LogP contribution >= 0.6 is 0 Å². The number of para-hydroxylation sites is 4. The highest BCUT2D eigenvalue weighted by atomic mass is 16.5. The molecule has 4 aromatic carbocycles. The Morgan fingerprint density at radius 1 is 0.821 bits per heavy atom. The number of carbonyl (C=O) groups is 2. The summed E-state index contributed by atoms with van der Waals surface area (Å²) in [5.74, 6) is 0.296. The van der Waals surface area contributed by atoms with Crippen LogP contribution < -0.4 is 25.4 Å². The summed E-state index contributed by atoms with van der Waals surface area (Å²) in [6.45, 7) is 0.464. The molecular weight excluding hydrogens is 496 g/mol. The molecule has 9 nitrogen and oxygen atoms in total. The van der Waals surface area contributed by atoms with E-state index in [9.17, 15) is 14.8 Å². The molecule has 0 aliphatic carbocycles. The molecule has 0 saturated carbocycles. The summed E-state index contributed by atoms with van der Waals surface area (Å²) in [4.78, 5) is 25.4. The first-order valence-electron chi connectivity index (χ1n) is 12.5. The van der Waals surface area contributed by atoms with E-state index in [1.54, 1.807) is 66.7 Å². The minimum absolute atomic E-state index is 0.113. The molecule has 9 heteroatoms. The maximum absolute atomic E-state index is 12.7. The molecule has 3 N–H and O–H groups in total. The van der Waals surface area contributed by atoms with E-state index in [4.69, 9.17) is 9.15 Å². The van der Waals surface area contributed by atoms with Gasteiger partial charge in [0, 0.05) is 35.8 Å². The number of oxazole rings is 1. The van der Waals surface area contributed by atoms with Crippen molar-refractivity contribution in [3.63, 3.8) is 0 Å². The second kappa shape index (κ2) is 10.2. The average Bonchev–Trinajstić information content (AvgIpc) is 3.57. The smallest absolute Gasteiger partial charge is 0.393 e. The fraction of sp³-hybridized carbons (Fsp3) is 0.100. The number of rotatable bonds is 7. The normalized spacial score (nSPS) is 13.8. The number of benzene rings is 4. The second-order valence-corrected chi connectivity index (χ2v) is 9.03. The first kappa shape index (κ1) is 24.1. The first-order valence-corrected chi connectivity index (χ1v) is 12.5. The van der Waals surface area contributed by atoms with Gasteiger partial charge in [-0.1, -0.05) is 42.5 Å². The molecular formula is C30H24N4O5. The van der Waals surface area contributed by atoms with Crippen molar-refractivity contribution >= 4 is 28.6 Å². The minimum atomic E-state index is -0.374. The molecule has 0 spiro atoms. The predicted molar refractivity (Wildman–Crippen MR) is 145 cm³/mol. The third-order valence-corrected chi connectivity index (χ3v) is 6.41. The molecule has 1 unspecified atom stereocenters. The number of aromatic nitrogens is 1. The number of carbonyl (C=O) groups excluding carboxylic acids is 2. The number of amides is 2. The van der Waals surface area contributed by atoms with Crippen molar-refractivity contribution in [2.45, 2.75) is 6.23 Å². The Balaban J connectivity index is 1.04. The van der Waals surface area contributed by atoms with Crippen LogP contribution in [-0.2, 0) is 0 Å². The van der Waals surface area contributed by atoms with Gasteiger partial charge in [0.1, 0.15) is 5.75 Å². The fourth-order valence-electron chi connectivity index (χ4n) is 4.47. The lowest BCUT2D eigenvalue weighted by Crippen LogP contribution is -2.34. The largest absolute Gasteiger partial charge is 0.615 e. The minimum Gasteiger partial charge on any atom is -0.615 e. The molecule has 194 valence electrons. The van der Waals surface area contributed by atoms with Gasteiger partial charge in [-0.25, -0.2) is 0 Å². The third-order valence-electron chi connectivity index (χ3n) is 6.41. The molecule has 1 aliphatic heterocycles. The molecule has 0 saturated heterocycles. The Kier molecular flexibility index (Phi) is 6.30. The number of anilines is 1. The van der Waals surface area contributed by atoms with Crippen LogP contribution in [0.15, 0.2) is 101 Å². The maximum atomic E-state index is 12.7. The zero-order chi connectivity index (χ0) is 26.8. The van der Waals surface area contributed by atoms with Crippen LogP contribution in [0.4, 0.5) is 5.69 Å². The Morgan fingerprint density at radius 2 is 1.51 bits per heavy atom. The molecule has 5 aromatic rings. The van der Waals surface area contributed by atoms with Gasteiger partial charge in [-0.2, -0.15) is 0 Å². The molecule has 6 rings (SSSR count). The van der Waals surface area contributed by atoms with Crippen molar-refractivity contribution in [1.29, 1.82) is 0 Å². The average molecular weight is 521 g/mol. The zero-order valence-corrected chi connectivity index (χ0v) is 20.7. The lowest BCUT2D eigenvalue weighted by Gasteiger charge is -2.13. The number of nitrogens with zero attached hydrogens (tertiary/aromatic N) is 1. The lowest BCUT2D eigenvalue weighted by molar-refractivity contribution is -0.569. The summed E-state index contributed by atoms with van der Waals surface area (Å²) in [7, 11) is 0. The molecule has 2 heterocycles. The van der Waals surface area contributed by atoms with Crippen LogP contribution in [-0.4, -0.2) is 24.9 Å². The summed E-state index contributed by atoms with van der Waals surface area (Å²) < 4.78 is 12.4. The Bertz CT molecular complexity index is 1670. The van der Waals surface area contributed by atoms with Gasteiger partial charge in [0.2, 0.25) is 5.58 Å². The van der Waals surface area contributed by atoms with E-state index in [1.165, 1.54) is 0 Å². The molecule has 1 aliphatic rings. The molecule has 0 fully saturated rings. The fourth-order valence-corrected chi connectivity index (χ4v) is 4.47. The van der Waals surface area contributed by atoms with Crippen molar-refractivity contribution in [1.82, 2.24) is 10.6 Å². The van der Waals surface area contributed by atoms with E-state index in [0.29, 0.717) is 32.5 Å². The Labute approximate surface area is 223 Å². The van der Waals surface area contributed by atoms with E-state index < -0.39 is 0 Å². The molecule has 2 amide bonds. The third kappa shape index (κ3) is 4.85. The van der Waals surface area contributed by atoms with Gasteiger partial charge in [-0.15, -0.1) is 4.73 Å². The number of ether oxygens (including phenoxy) is 1. The van der Waals surface area contributed by atoms with Gasteiger partial charge in [0.05, 0.1) is 11.3 Å². The molecule has 0 bridgehead atoms. The standard InChI is InChI=1S/C30H24N4O5/c35-27(19-7-5-9-21(17-19)29-33-23-11-1-3-13-25(23)38-29)31-15-16-32-28(36)20-8-6-10-22(18-20)30-34(37)24-12-2-4-14-26(24)39-30/h1-14,17-18,29,33H,15-16H2,(H,31,35)(H,32,36). The number of hydrogen-bond acceptors (Lipinski definition) is 6. The van der Waals surface area contributed by atoms with Crippen LogP contribution in [0.2, 0.25) is 0 Å². The topological polar surface area (TPSA) is 120 Å². The van der Waals surface area contributed by atoms with E-state index in [1.807, 2.05) is 30.3 Å². The summed E-state index contributed by atoms with van der Waals surface area (Å²) in [5.41, 5.74) is 3.98. The van der Waals surface area contributed by atoms with Crippen LogP contribution in [0.3, 0.4) is 0 Å². The van der Waals surface area contributed by atoms with Crippen molar-refractivity contribution in [2.24, 2.45) is 0 Å². The van der Waals surface area contributed by atoms with E-state index >= 15 is 0 Å². The number of hydrogen-bond donors (Lipinski definition) is 3. The molecule has 1 aromatic heterocycles. The molecule has 0 radical (unpaired) electrons. The van der Waals surface area contributed by atoms with Crippen molar-refractivity contribution < 1.29 is 23.5 Å². The predicted octanol–water partition coefficient (Wildman–Crippen LogP) is 4.40. The van der Waals surface area contributed by atoms with E-state index in [2.05, 4.69) is 16.0 Å².